The molecule has 1 spiro atoms. The summed E-state index contributed by atoms with van der Waals surface area (Å²) in [6.45, 7) is 23.3. The van der Waals surface area contributed by atoms with E-state index in [1.165, 1.54) is 4.68 Å². The molecule has 0 radical (unpaired) electrons. The topological polar surface area (TPSA) is 159 Å². The number of hydrogen-bond donors (Lipinski definition) is 1. The summed E-state index contributed by atoms with van der Waals surface area (Å²) >= 11 is 0. The highest BCUT2D eigenvalue weighted by atomic mass is 28.4. The number of imide groups is 1. The van der Waals surface area contributed by atoms with Crippen LogP contribution in [-0.4, -0.2) is 90.8 Å². The first-order valence-electron chi connectivity index (χ1n) is 21.1. The number of carbonyl (C=O) groups is 3. The molecule has 0 bridgehead atoms. The largest absolute Gasteiger partial charge is 0.497 e. The summed E-state index contributed by atoms with van der Waals surface area (Å²) in [6, 6.07) is 11.0. The summed E-state index contributed by atoms with van der Waals surface area (Å²) in [7, 11) is 1.20. The molecular weight excluding hydrogens is 795 g/mol. The first-order valence-corrected chi connectivity index (χ1v) is 24.0. The fourth-order valence-corrected chi connectivity index (χ4v) is 9.39. The Morgan fingerprint density at radius 3 is 2.13 bits per heavy atom. The van der Waals surface area contributed by atoms with E-state index in [4.69, 9.17) is 38.4 Å². The lowest BCUT2D eigenvalue weighted by atomic mass is 9.91. The van der Waals surface area contributed by atoms with Gasteiger partial charge in [-0.15, -0.1) is 5.10 Å². The molecule has 2 aliphatic heterocycles. The fourth-order valence-electron chi connectivity index (χ4n) is 8.05. The van der Waals surface area contributed by atoms with Crippen molar-refractivity contribution in [2.45, 2.75) is 134 Å². The van der Waals surface area contributed by atoms with E-state index in [1.807, 2.05) is 24.3 Å². The lowest BCUT2D eigenvalue weighted by Gasteiger charge is -2.47. The van der Waals surface area contributed by atoms with E-state index >= 15 is 0 Å². The van der Waals surface area contributed by atoms with Crippen molar-refractivity contribution >= 4 is 60.5 Å². The average molecular weight is 854 g/mol. The summed E-state index contributed by atoms with van der Waals surface area (Å²) in [6.07, 6.45) is 1.12. The van der Waals surface area contributed by atoms with Gasteiger partial charge in [0.1, 0.15) is 22.8 Å². The Labute approximate surface area is 358 Å². The van der Waals surface area contributed by atoms with Crippen LogP contribution >= 0.6 is 0 Å². The molecule has 0 unspecified atom stereocenters. The monoisotopic (exact) mass is 853 g/mol. The van der Waals surface area contributed by atoms with Gasteiger partial charge in [0, 0.05) is 30.3 Å². The Morgan fingerprint density at radius 1 is 0.852 bits per heavy atom. The van der Waals surface area contributed by atoms with Gasteiger partial charge in [-0.1, -0.05) is 26.8 Å². The van der Waals surface area contributed by atoms with Crippen molar-refractivity contribution in [1.29, 1.82) is 0 Å². The Bertz CT molecular complexity index is 2440. The number of ether oxygens (including phenoxy) is 4. The van der Waals surface area contributed by atoms with E-state index in [-0.39, 0.29) is 28.9 Å². The highest BCUT2D eigenvalue weighted by Crippen LogP contribution is 2.67. The molecule has 16 heteroatoms. The molecule has 326 valence electrons. The van der Waals surface area contributed by atoms with E-state index in [0.29, 0.717) is 70.6 Å². The molecule has 3 fully saturated rings. The van der Waals surface area contributed by atoms with Gasteiger partial charge in [-0.05, 0) is 120 Å². The number of anilines is 4. The predicted molar refractivity (Wildman–Crippen MR) is 235 cm³/mol. The van der Waals surface area contributed by atoms with Gasteiger partial charge in [0.25, 0.3) is 0 Å². The minimum absolute atomic E-state index is 0.0880. The highest BCUT2D eigenvalue weighted by Gasteiger charge is 2.68. The molecular formula is C45H59N7O8Si. The van der Waals surface area contributed by atoms with Crippen molar-refractivity contribution in [2.24, 2.45) is 0 Å². The Kier molecular flexibility index (Phi) is 10.0. The molecule has 8 rings (SSSR count). The third-order valence-electron chi connectivity index (χ3n) is 12.4. The van der Waals surface area contributed by atoms with Gasteiger partial charge >= 0.3 is 12.2 Å². The Hall–Kier alpha value is -5.22. The molecule has 2 atom stereocenters. The standard InChI is InChI=1S/C45H59N7O8Si/c1-42(2,3)58-40(54)51-32-19-17-27(56-10)21-30(32)45(39(51)53)22-31(45)26-16-18-29-33(20-26)52(41(55)59-43(4,5)6)49-36(29)47-37-34(57-11)38(48-35(46-37)25-14-15-25)50-23-28(24-50)60-61(12,13)44(7,8)9/h16-21,25,28,31H,14-15,22-24H2,1-13H3,(H,46,47,48,49)/t31-,45-/m0/s1. The first kappa shape index (κ1) is 42.5. The van der Waals surface area contributed by atoms with Crippen molar-refractivity contribution in [3.05, 3.63) is 53.3 Å². The van der Waals surface area contributed by atoms with Crippen LogP contribution in [0.4, 0.5) is 32.7 Å². The van der Waals surface area contributed by atoms with Crippen molar-refractivity contribution in [3.8, 4) is 11.5 Å². The van der Waals surface area contributed by atoms with Crippen LogP contribution in [-0.2, 0) is 24.1 Å². The summed E-state index contributed by atoms with van der Waals surface area (Å²) in [4.78, 5) is 55.2. The van der Waals surface area contributed by atoms with Crippen LogP contribution in [0.1, 0.15) is 110 Å². The number of methoxy groups -OCH3 is 2. The van der Waals surface area contributed by atoms with Crippen molar-refractivity contribution in [2.75, 3.05) is 42.4 Å². The molecule has 2 saturated carbocycles. The maximum atomic E-state index is 14.5. The quantitative estimate of drug-likeness (QED) is 0.159. The van der Waals surface area contributed by atoms with Gasteiger partial charge in [0.15, 0.2) is 25.8 Å². The normalized spacial score (nSPS) is 20.5. The van der Waals surface area contributed by atoms with Crippen LogP contribution in [0.25, 0.3) is 10.9 Å². The second-order valence-electron chi connectivity index (χ2n) is 20.3. The maximum Gasteiger partial charge on any atom is 0.435 e. The molecule has 1 N–H and O–H groups in total. The van der Waals surface area contributed by atoms with E-state index < -0.39 is 37.1 Å². The molecule has 2 amide bonds. The second-order valence-corrected chi connectivity index (χ2v) is 25.1. The number of nitrogens with zero attached hydrogens (tertiary/aromatic N) is 6. The van der Waals surface area contributed by atoms with Crippen LogP contribution in [0.5, 0.6) is 11.5 Å². The van der Waals surface area contributed by atoms with Gasteiger partial charge in [-0.25, -0.2) is 24.5 Å². The first-order chi connectivity index (χ1) is 28.4. The Balaban J connectivity index is 1.16. The van der Waals surface area contributed by atoms with Gasteiger partial charge < -0.3 is 33.6 Å². The van der Waals surface area contributed by atoms with Crippen molar-refractivity contribution in [1.82, 2.24) is 19.7 Å². The van der Waals surface area contributed by atoms with Gasteiger partial charge in [-0.3, -0.25) is 4.79 Å². The van der Waals surface area contributed by atoms with Crippen molar-refractivity contribution < 1.29 is 37.8 Å². The zero-order valence-corrected chi connectivity index (χ0v) is 38.7. The van der Waals surface area contributed by atoms with Crippen LogP contribution in [0.2, 0.25) is 18.1 Å². The summed E-state index contributed by atoms with van der Waals surface area (Å²) in [5.41, 5.74) is -0.236. The summed E-state index contributed by atoms with van der Waals surface area (Å²) < 4.78 is 31.1. The van der Waals surface area contributed by atoms with Gasteiger partial charge in [0.2, 0.25) is 11.7 Å². The maximum absolute atomic E-state index is 14.5. The molecule has 61 heavy (non-hydrogen) atoms. The number of hydrogen-bond acceptors (Lipinski definition) is 13. The SMILES string of the molecule is COc1ccc2c(c1)[C@]1(C[C@H]1c1ccc3c(Nc4nc(C5CC5)nc(N5CC(O[Si](C)(C)C(C)(C)C)C5)c4OC)nn(C(=O)OC(C)(C)C)c3c1)C(=O)N2C(=O)OC(C)(C)C. The predicted octanol–water partition coefficient (Wildman–Crippen LogP) is 9.17. The van der Waals surface area contributed by atoms with Crippen LogP contribution in [0, 0.1) is 0 Å². The number of fused-ring (bicyclic) bond motifs is 3. The van der Waals surface area contributed by atoms with Gasteiger partial charge in [0.05, 0.1) is 36.9 Å². The molecule has 15 nitrogen and oxygen atoms in total. The third-order valence-corrected chi connectivity index (χ3v) is 16.9. The number of aromatic nitrogens is 4. The average Bonchev–Trinajstić information content (AvgIpc) is 4.06. The van der Waals surface area contributed by atoms with E-state index in [0.717, 1.165) is 29.1 Å². The minimum atomic E-state index is -1.97. The number of nitrogens with one attached hydrogen (secondary N) is 1. The molecule has 4 heterocycles. The zero-order valence-electron chi connectivity index (χ0n) is 37.7. The summed E-state index contributed by atoms with van der Waals surface area (Å²) in [5, 5.41) is 8.96. The van der Waals surface area contributed by atoms with Crippen LogP contribution < -0.4 is 24.6 Å². The number of carbonyl (C=O) groups excluding carboxylic acids is 3. The minimum Gasteiger partial charge on any atom is -0.497 e. The number of benzene rings is 2. The fraction of sp³-hybridized carbons (Fsp3) is 0.556. The smallest absolute Gasteiger partial charge is 0.435 e. The van der Waals surface area contributed by atoms with Gasteiger partial charge in [-0.2, -0.15) is 4.68 Å². The van der Waals surface area contributed by atoms with Crippen LogP contribution in [0.15, 0.2) is 36.4 Å². The molecule has 2 aliphatic carbocycles. The van der Waals surface area contributed by atoms with E-state index in [9.17, 15) is 14.4 Å². The molecule has 2 aromatic heterocycles. The summed E-state index contributed by atoms with van der Waals surface area (Å²) in [5.74, 6) is 2.81. The molecule has 1 saturated heterocycles. The molecule has 4 aromatic rings. The molecule has 4 aliphatic rings. The second kappa shape index (κ2) is 14.4. The lowest BCUT2D eigenvalue weighted by molar-refractivity contribution is -0.120. The highest BCUT2D eigenvalue weighted by molar-refractivity contribution is 6.74. The Morgan fingerprint density at radius 2 is 1.52 bits per heavy atom. The lowest BCUT2D eigenvalue weighted by Crippen LogP contribution is -2.58. The van der Waals surface area contributed by atoms with E-state index in [1.54, 1.807) is 67.9 Å². The zero-order chi connectivity index (χ0) is 44.2. The van der Waals surface area contributed by atoms with E-state index in [2.05, 4.69) is 44.1 Å². The van der Waals surface area contributed by atoms with Crippen LogP contribution in [0.3, 0.4) is 0 Å². The third kappa shape index (κ3) is 7.70. The number of amides is 2. The number of rotatable bonds is 9. The van der Waals surface area contributed by atoms with Crippen molar-refractivity contribution in [3.63, 3.8) is 0 Å². The molecule has 2 aromatic carbocycles.